The summed E-state index contributed by atoms with van der Waals surface area (Å²) in [5.41, 5.74) is 4.40. The highest BCUT2D eigenvalue weighted by atomic mass is 35.5. The summed E-state index contributed by atoms with van der Waals surface area (Å²) >= 11 is 6.33. The first-order valence-corrected chi connectivity index (χ1v) is 12.0. The van der Waals surface area contributed by atoms with Crippen molar-refractivity contribution in [2.45, 2.75) is 32.6 Å². The van der Waals surface area contributed by atoms with Crippen LogP contribution in [0, 0.1) is 5.92 Å². The molecule has 10 heteroatoms. The van der Waals surface area contributed by atoms with E-state index in [-0.39, 0.29) is 17.7 Å². The highest BCUT2D eigenvalue weighted by Crippen LogP contribution is 2.30. The fourth-order valence-corrected chi connectivity index (χ4v) is 4.64. The van der Waals surface area contributed by atoms with Gasteiger partial charge in [0.1, 0.15) is 5.02 Å². The molecular formula is C25H26ClN7O2. The average molecular weight is 492 g/mol. The molecule has 0 saturated carbocycles. The van der Waals surface area contributed by atoms with Gasteiger partial charge in [-0.25, -0.2) is 4.98 Å². The SMILES string of the molecule is CC(=O)N1CCC(CC(=O)Nc2ccc3cc2CCc2cncc(c2)Nc2ncc(Cl)c(n2)N3)C1. The second kappa shape index (κ2) is 9.87. The Hall–Kier alpha value is -3.72. The smallest absolute Gasteiger partial charge is 0.229 e. The van der Waals surface area contributed by atoms with Crippen molar-refractivity contribution < 1.29 is 9.59 Å². The number of rotatable bonds is 3. The molecule has 3 N–H and O–H groups in total. The standard InChI is InChI=1S/C25H26ClN7O2/c1-15(34)33-7-6-17(14-33)9-23(35)31-22-5-4-19-10-18(22)3-2-16-8-20(12-27-11-16)30-25-28-13-21(26)24(29-19)32-25/h4-5,8,10-13,17H,2-3,6-7,9,14H2,1H3,(H,31,35)(H2,28,29,30,32). The Balaban J connectivity index is 1.39. The third-order valence-corrected chi connectivity index (χ3v) is 6.60. The van der Waals surface area contributed by atoms with Gasteiger partial charge >= 0.3 is 0 Å². The molecule has 4 heterocycles. The molecule has 3 aromatic rings. The molecule has 1 unspecified atom stereocenters. The lowest BCUT2D eigenvalue weighted by Gasteiger charge is -2.16. The zero-order valence-electron chi connectivity index (χ0n) is 19.3. The number of halogens is 1. The van der Waals surface area contributed by atoms with E-state index in [1.165, 1.54) is 0 Å². The van der Waals surface area contributed by atoms with Gasteiger partial charge in [0.15, 0.2) is 5.82 Å². The van der Waals surface area contributed by atoms with Crippen molar-refractivity contribution in [3.8, 4) is 0 Å². The summed E-state index contributed by atoms with van der Waals surface area (Å²) < 4.78 is 0. The number of aryl methyl sites for hydroxylation is 2. The minimum absolute atomic E-state index is 0.0448. The molecule has 180 valence electrons. The molecule has 0 radical (unpaired) electrons. The highest BCUT2D eigenvalue weighted by molar-refractivity contribution is 6.32. The number of pyridine rings is 1. The molecule has 6 bridgehead atoms. The number of likely N-dealkylation sites (tertiary alicyclic amines) is 1. The molecule has 1 aromatic carbocycles. The molecular weight excluding hydrogens is 466 g/mol. The normalized spacial score (nSPS) is 16.7. The summed E-state index contributed by atoms with van der Waals surface area (Å²) in [6.45, 7) is 2.92. The van der Waals surface area contributed by atoms with E-state index in [9.17, 15) is 9.59 Å². The van der Waals surface area contributed by atoms with Crippen molar-refractivity contribution >= 4 is 52.2 Å². The van der Waals surface area contributed by atoms with Crippen LogP contribution in [0.25, 0.3) is 0 Å². The fraction of sp³-hybridized carbons (Fsp3) is 0.320. The Morgan fingerprint density at radius 2 is 2.03 bits per heavy atom. The maximum atomic E-state index is 12.9. The van der Waals surface area contributed by atoms with Crippen LogP contribution in [0.5, 0.6) is 0 Å². The molecule has 5 rings (SSSR count). The van der Waals surface area contributed by atoms with Gasteiger partial charge in [0.2, 0.25) is 17.8 Å². The number of anilines is 5. The number of nitrogens with zero attached hydrogens (tertiary/aromatic N) is 4. The van der Waals surface area contributed by atoms with Crippen LogP contribution in [0.2, 0.25) is 5.02 Å². The van der Waals surface area contributed by atoms with E-state index in [4.69, 9.17) is 11.6 Å². The van der Waals surface area contributed by atoms with Crippen molar-refractivity contribution in [3.05, 3.63) is 59.0 Å². The lowest BCUT2D eigenvalue weighted by molar-refractivity contribution is -0.128. The Labute approximate surface area is 208 Å². The number of hydrogen-bond acceptors (Lipinski definition) is 7. The third-order valence-electron chi connectivity index (χ3n) is 6.33. The topological polar surface area (TPSA) is 112 Å². The van der Waals surface area contributed by atoms with Crippen LogP contribution in [-0.4, -0.2) is 44.8 Å². The van der Waals surface area contributed by atoms with Gasteiger partial charge in [-0.15, -0.1) is 0 Å². The van der Waals surface area contributed by atoms with E-state index in [2.05, 4.69) is 30.9 Å². The van der Waals surface area contributed by atoms with Crippen LogP contribution in [-0.2, 0) is 22.4 Å². The third kappa shape index (κ3) is 5.51. The van der Waals surface area contributed by atoms with Gasteiger partial charge in [0.05, 0.1) is 18.1 Å². The van der Waals surface area contributed by atoms with Crippen molar-refractivity contribution in [3.63, 3.8) is 0 Å². The number of carbonyl (C=O) groups excluding carboxylic acids is 2. The summed E-state index contributed by atoms with van der Waals surface area (Å²) in [6, 6.07) is 7.80. The molecule has 0 aliphatic carbocycles. The Kier molecular flexibility index (Phi) is 6.50. The van der Waals surface area contributed by atoms with Crippen molar-refractivity contribution in [1.82, 2.24) is 19.9 Å². The summed E-state index contributed by atoms with van der Waals surface area (Å²) in [5, 5.41) is 9.93. The van der Waals surface area contributed by atoms with Crippen molar-refractivity contribution in [1.29, 1.82) is 0 Å². The van der Waals surface area contributed by atoms with E-state index in [1.807, 2.05) is 30.5 Å². The van der Waals surface area contributed by atoms with E-state index in [1.54, 1.807) is 24.2 Å². The van der Waals surface area contributed by atoms with Crippen LogP contribution in [0.3, 0.4) is 0 Å². The monoisotopic (exact) mass is 491 g/mol. The van der Waals surface area contributed by atoms with Gasteiger partial charge in [0.25, 0.3) is 0 Å². The summed E-state index contributed by atoms with van der Waals surface area (Å²) in [4.78, 5) is 39.4. The second-order valence-corrected chi connectivity index (χ2v) is 9.37. The van der Waals surface area contributed by atoms with Gasteiger partial charge in [-0.2, -0.15) is 4.98 Å². The molecule has 35 heavy (non-hydrogen) atoms. The Bertz CT molecular complexity index is 1280. The first-order chi connectivity index (χ1) is 16.9. The number of carbonyl (C=O) groups is 2. The van der Waals surface area contributed by atoms with Gasteiger partial charge in [-0.3, -0.25) is 14.6 Å². The lowest BCUT2D eigenvalue weighted by atomic mass is 10.0. The van der Waals surface area contributed by atoms with E-state index in [0.29, 0.717) is 42.7 Å². The Morgan fingerprint density at radius 1 is 1.14 bits per heavy atom. The average Bonchev–Trinajstić information content (AvgIpc) is 3.30. The summed E-state index contributed by atoms with van der Waals surface area (Å²) in [5.74, 6) is 1.09. The van der Waals surface area contributed by atoms with Crippen LogP contribution in [0.4, 0.5) is 28.8 Å². The van der Waals surface area contributed by atoms with Crippen LogP contribution in [0.15, 0.2) is 42.9 Å². The molecule has 2 aliphatic heterocycles. The maximum Gasteiger partial charge on any atom is 0.229 e. The molecule has 0 spiro atoms. The van der Waals surface area contributed by atoms with Crippen LogP contribution in [0.1, 0.15) is 30.9 Å². The van der Waals surface area contributed by atoms with Crippen molar-refractivity contribution in [2.24, 2.45) is 5.92 Å². The highest BCUT2D eigenvalue weighted by Gasteiger charge is 2.26. The van der Waals surface area contributed by atoms with E-state index >= 15 is 0 Å². The van der Waals surface area contributed by atoms with Gasteiger partial charge in [-0.05, 0) is 60.6 Å². The molecule has 1 saturated heterocycles. The number of benzene rings is 1. The Morgan fingerprint density at radius 3 is 2.86 bits per heavy atom. The predicted octanol–water partition coefficient (Wildman–Crippen LogP) is 4.31. The van der Waals surface area contributed by atoms with Crippen LogP contribution < -0.4 is 16.0 Å². The number of hydrogen-bond donors (Lipinski definition) is 3. The molecule has 1 fully saturated rings. The predicted molar refractivity (Wildman–Crippen MR) is 135 cm³/mol. The van der Waals surface area contributed by atoms with Gasteiger partial charge < -0.3 is 20.9 Å². The summed E-state index contributed by atoms with van der Waals surface area (Å²) in [6.07, 6.45) is 7.78. The quantitative estimate of drug-likeness (QED) is 0.500. The largest absolute Gasteiger partial charge is 0.343 e. The number of fused-ring (bicyclic) bond motifs is 6. The first-order valence-electron chi connectivity index (χ1n) is 11.6. The molecule has 2 aromatic heterocycles. The zero-order chi connectivity index (χ0) is 24.4. The van der Waals surface area contributed by atoms with Crippen molar-refractivity contribution in [2.75, 3.05) is 29.0 Å². The molecule has 9 nitrogen and oxygen atoms in total. The van der Waals surface area contributed by atoms with Gasteiger partial charge in [0, 0.05) is 44.0 Å². The molecule has 1 atom stereocenters. The fourth-order valence-electron chi connectivity index (χ4n) is 4.50. The minimum atomic E-state index is -0.0448. The molecule has 2 aliphatic rings. The van der Waals surface area contributed by atoms with E-state index < -0.39 is 0 Å². The lowest BCUT2D eigenvalue weighted by Crippen LogP contribution is -2.26. The summed E-state index contributed by atoms with van der Waals surface area (Å²) in [7, 11) is 0. The first kappa shape index (κ1) is 23.0. The number of nitrogens with one attached hydrogen (secondary N) is 3. The number of aromatic nitrogens is 3. The van der Waals surface area contributed by atoms with Gasteiger partial charge in [-0.1, -0.05) is 11.6 Å². The maximum absolute atomic E-state index is 12.9. The minimum Gasteiger partial charge on any atom is -0.343 e. The van der Waals surface area contributed by atoms with Crippen LogP contribution >= 0.6 is 11.6 Å². The van der Waals surface area contributed by atoms with E-state index in [0.717, 1.165) is 41.0 Å². The number of amides is 2. The zero-order valence-corrected chi connectivity index (χ0v) is 20.1. The molecule has 2 amide bonds. The second-order valence-electron chi connectivity index (χ2n) is 8.97.